The molecule has 84 valence electrons. The summed E-state index contributed by atoms with van der Waals surface area (Å²) in [7, 11) is 0. The number of hydrogen-bond donors (Lipinski definition) is 1. The summed E-state index contributed by atoms with van der Waals surface area (Å²) in [5, 5.41) is 3.65. The van der Waals surface area contributed by atoms with Crippen molar-refractivity contribution < 1.29 is 0 Å². The SMILES string of the molecule is CSCCNC1(CCl)CCC(C)CC1. The zero-order valence-electron chi connectivity index (χ0n) is 9.31. The van der Waals surface area contributed by atoms with Crippen LogP contribution in [0.3, 0.4) is 0 Å². The van der Waals surface area contributed by atoms with Gasteiger partial charge in [-0.15, -0.1) is 11.6 Å². The summed E-state index contributed by atoms with van der Waals surface area (Å²) in [4.78, 5) is 0. The molecule has 0 heterocycles. The van der Waals surface area contributed by atoms with Crippen molar-refractivity contribution in [3.8, 4) is 0 Å². The highest BCUT2D eigenvalue weighted by atomic mass is 35.5. The molecule has 1 nitrogen and oxygen atoms in total. The first-order chi connectivity index (χ1) is 6.72. The zero-order chi connectivity index (χ0) is 10.4. The maximum absolute atomic E-state index is 6.09. The molecule has 0 aromatic rings. The second-order valence-corrected chi connectivity index (χ2v) is 5.77. The zero-order valence-corrected chi connectivity index (χ0v) is 10.9. The first-order valence-corrected chi connectivity index (χ1v) is 7.45. The van der Waals surface area contributed by atoms with Crippen molar-refractivity contribution in [2.75, 3.05) is 24.4 Å². The second kappa shape index (κ2) is 6.24. The van der Waals surface area contributed by atoms with Gasteiger partial charge in [-0.2, -0.15) is 11.8 Å². The third-order valence-electron chi connectivity index (χ3n) is 3.29. The Kier molecular flexibility index (Phi) is 5.65. The fourth-order valence-corrected chi connectivity index (χ4v) is 2.76. The Morgan fingerprint density at radius 1 is 1.43 bits per heavy atom. The Morgan fingerprint density at radius 2 is 2.07 bits per heavy atom. The van der Waals surface area contributed by atoms with E-state index in [0.29, 0.717) is 0 Å². The Morgan fingerprint density at radius 3 is 2.57 bits per heavy atom. The molecule has 0 amide bonds. The average Bonchev–Trinajstić information content (AvgIpc) is 2.22. The van der Waals surface area contributed by atoms with E-state index in [9.17, 15) is 0 Å². The molecular formula is C11H22ClNS. The van der Waals surface area contributed by atoms with E-state index >= 15 is 0 Å². The highest BCUT2D eigenvalue weighted by Crippen LogP contribution is 2.32. The third kappa shape index (κ3) is 3.63. The molecule has 1 fully saturated rings. The highest BCUT2D eigenvalue weighted by Gasteiger charge is 2.32. The normalized spacial score (nSPS) is 33.2. The van der Waals surface area contributed by atoms with Crippen LogP contribution in [0.2, 0.25) is 0 Å². The lowest BCUT2D eigenvalue weighted by Crippen LogP contribution is -2.50. The lowest BCUT2D eigenvalue weighted by atomic mass is 9.78. The molecule has 0 spiro atoms. The van der Waals surface area contributed by atoms with Crippen molar-refractivity contribution in [1.82, 2.24) is 5.32 Å². The van der Waals surface area contributed by atoms with Gasteiger partial charge in [-0.25, -0.2) is 0 Å². The van der Waals surface area contributed by atoms with E-state index in [1.54, 1.807) is 0 Å². The molecule has 0 aromatic carbocycles. The summed E-state index contributed by atoms with van der Waals surface area (Å²) in [5.74, 6) is 2.86. The lowest BCUT2D eigenvalue weighted by Gasteiger charge is -2.39. The number of nitrogens with one attached hydrogen (secondary N) is 1. The molecule has 14 heavy (non-hydrogen) atoms. The van der Waals surface area contributed by atoms with E-state index < -0.39 is 0 Å². The van der Waals surface area contributed by atoms with Gasteiger partial charge in [-0.05, 0) is 37.9 Å². The number of rotatable bonds is 5. The molecule has 0 unspecified atom stereocenters. The number of hydrogen-bond acceptors (Lipinski definition) is 2. The standard InChI is InChI=1S/C11H22ClNS/c1-10-3-5-11(9-12,6-4-10)13-7-8-14-2/h10,13H,3-9H2,1-2H3. The Balaban J connectivity index is 2.34. The Hall–Kier alpha value is 0.600. The number of halogens is 1. The largest absolute Gasteiger partial charge is 0.309 e. The van der Waals surface area contributed by atoms with Gasteiger partial charge < -0.3 is 5.32 Å². The number of alkyl halides is 1. The van der Waals surface area contributed by atoms with Gasteiger partial charge in [0, 0.05) is 23.7 Å². The van der Waals surface area contributed by atoms with Crippen molar-refractivity contribution in [2.24, 2.45) is 5.92 Å². The van der Waals surface area contributed by atoms with E-state index in [4.69, 9.17) is 11.6 Å². The van der Waals surface area contributed by atoms with Crippen LogP contribution in [-0.4, -0.2) is 30.0 Å². The van der Waals surface area contributed by atoms with Gasteiger partial charge in [0.15, 0.2) is 0 Å². The smallest absolute Gasteiger partial charge is 0.0406 e. The average molecular weight is 236 g/mol. The van der Waals surface area contributed by atoms with Crippen LogP contribution in [0.4, 0.5) is 0 Å². The van der Waals surface area contributed by atoms with E-state index in [1.807, 2.05) is 11.8 Å². The summed E-state index contributed by atoms with van der Waals surface area (Å²) in [6.45, 7) is 3.45. The monoisotopic (exact) mass is 235 g/mol. The predicted octanol–water partition coefficient (Wildman–Crippen LogP) is 3.13. The van der Waals surface area contributed by atoms with Gasteiger partial charge in [-0.3, -0.25) is 0 Å². The first-order valence-electron chi connectivity index (χ1n) is 5.52. The van der Waals surface area contributed by atoms with Crippen LogP contribution in [0.5, 0.6) is 0 Å². The summed E-state index contributed by atoms with van der Waals surface area (Å²) < 4.78 is 0. The molecule has 0 radical (unpaired) electrons. The maximum Gasteiger partial charge on any atom is 0.0406 e. The van der Waals surface area contributed by atoms with Crippen molar-refractivity contribution in [2.45, 2.75) is 38.1 Å². The van der Waals surface area contributed by atoms with Gasteiger partial charge in [0.2, 0.25) is 0 Å². The van der Waals surface area contributed by atoms with Gasteiger partial charge in [-0.1, -0.05) is 6.92 Å². The molecule has 1 aliphatic rings. The minimum Gasteiger partial charge on any atom is -0.309 e. The summed E-state index contributed by atoms with van der Waals surface area (Å²) in [5.41, 5.74) is 0.254. The molecule has 1 rings (SSSR count). The Labute approximate surface area is 97.4 Å². The van der Waals surface area contributed by atoms with Crippen LogP contribution < -0.4 is 5.32 Å². The minimum atomic E-state index is 0.254. The van der Waals surface area contributed by atoms with Crippen LogP contribution in [0.25, 0.3) is 0 Å². The van der Waals surface area contributed by atoms with Gasteiger partial charge in [0.1, 0.15) is 0 Å². The summed E-state index contributed by atoms with van der Waals surface area (Å²) in [6, 6.07) is 0. The fourth-order valence-electron chi connectivity index (χ4n) is 2.09. The molecule has 3 heteroatoms. The summed E-state index contributed by atoms with van der Waals surface area (Å²) in [6.07, 6.45) is 7.33. The van der Waals surface area contributed by atoms with Crippen LogP contribution in [0, 0.1) is 5.92 Å². The molecule has 0 aromatic heterocycles. The van der Waals surface area contributed by atoms with Crippen LogP contribution in [-0.2, 0) is 0 Å². The van der Waals surface area contributed by atoms with E-state index in [-0.39, 0.29) is 5.54 Å². The second-order valence-electron chi connectivity index (χ2n) is 4.52. The summed E-state index contributed by atoms with van der Waals surface area (Å²) >= 11 is 7.99. The Bertz CT molecular complexity index is 155. The minimum absolute atomic E-state index is 0.254. The maximum atomic E-state index is 6.09. The molecule has 1 aliphatic carbocycles. The van der Waals surface area contributed by atoms with E-state index in [1.165, 1.54) is 31.4 Å². The first kappa shape index (κ1) is 12.7. The van der Waals surface area contributed by atoms with Gasteiger partial charge >= 0.3 is 0 Å². The molecular weight excluding hydrogens is 214 g/mol. The van der Waals surface area contributed by atoms with Gasteiger partial charge in [0.05, 0.1) is 0 Å². The molecule has 0 bridgehead atoms. The third-order valence-corrected chi connectivity index (χ3v) is 4.42. The lowest BCUT2D eigenvalue weighted by molar-refractivity contribution is 0.221. The van der Waals surface area contributed by atoms with Crippen LogP contribution in [0.15, 0.2) is 0 Å². The topological polar surface area (TPSA) is 12.0 Å². The molecule has 1 saturated carbocycles. The van der Waals surface area contributed by atoms with Gasteiger partial charge in [0.25, 0.3) is 0 Å². The van der Waals surface area contributed by atoms with Crippen molar-refractivity contribution in [3.05, 3.63) is 0 Å². The quantitative estimate of drug-likeness (QED) is 0.581. The molecule has 0 atom stereocenters. The fraction of sp³-hybridized carbons (Fsp3) is 1.00. The van der Waals surface area contributed by atoms with Crippen LogP contribution >= 0.6 is 23.4 Å². The van der Waals surface area contributed by atoms with E-state index in [2.05, 4.69) is 18.5 Å². The van der Waals surface area contributed by atoms with Crippen molar-refractivity contribution in [3.63, 3.8) is 0 Å². The number of thioether (sulfide) groups is 1. The molecule has 0 aliphatic heterocycles. The van der Waals surface area contributed by atoms with Crippen molar-refractivity contribution in [1.29, 1.82) is 0 Å². The van der Waals surface area contributed by atoms with E-state index in [0.717, 1.165) is 18.3 Å². The van der Waals surface area contributed by atoms with Crippen LogP contribution in [0.1, 0.15) is 32.6 Å². The molecule has 1 N–H and O–H groups in total. The highest BCUT2D eigenvalue weighted by molar-refractivity contribution is 7.98. The molecule has 0 saturated heterocycles. The predicted molar refractivity (Wildman–Crippen MR) is 67.5 cm³/mol. The van der Waals surface area contributed by atoms with Crippen molar-refractivity contribution >= 4 is 23.4 Å².